The number of carbonyl (C=O) groups excluding carboxylic acids is 1. The Kier molecular flexibility index (Phi) is 6.97. The standard InChI is InChI=1S/C13H26N2OS/c1-10(4-3-9-14)13(16)15-11-5-7-12(17-2)8-6-11/h10-12H,3-9,14H2,1-2H3,(H,15,16). The summed E-state index contributed by atoms with van der Waals surface area (Å²) in [4.78, 5) is 11.9. The highest BCUT2D eigenvalue weighted by Crippen LogP contribution is 2.27. The molecule has 0 saturated heterocycles. The summed E-state index contributed by atoms with van der Waals surface area (Å²) in [5, 5.41) is 3.99. The van der Waals surface area contributed by atoms with Gasteiger partial charge in [0.25, 0.3) is 0 Å². The predicted molar refractivity (Wildman–Crippen MR) is 75.2 cm³/mol. The Morgan fingerprint density at radius 1 is 1.41 bits per heavy atom. The Labute approximate surface area is 109 Å². The number of carbonyl (C=O) groups is 1. The lowest BCUT2D eigenvalue weighted by atomic mass is 9.94. The van der Waals surface area contributed by atoms with Crippen molar-refractivity contribution in [1.29, 1.82) is 0 Å². The number of hydrogen-bond donors (Lipinski definition) is 2. The van der Waals surface area contributed by atoms with Crippen molar-refractivity contribution in [2.75, 3.05) is 12.8 Å². The number of hydrogen-bond acceptors (Lipinski definition) is 3. The molecule has 1 rings (SSSR count). The Bertz CT molecular complexity index is 227. The molecule has 1 saturated carbocycles. The van der Waals surface area contributed by atoms with E-state index in [0.717, 1.165) is 30.9 Å². The van der Waals surface area contributed by atoms with Gasteiger partial charge in [-0.05, 0) is 51.3 Å². The van der Waals surface area contributed by atoms with Gasteiger partial charge in [0, 0.05) is 17.2 Å². The largest absolute Gasteiger partial charge is 0.353 e. The second-order valence-corrected chi connectivity index (χ2v) is 6.19. The molecule has 3 N–H and O–H groups in total. The molecule has 0 aromatic rings. The normalized spacial score (nSPS) is 26.5. The fourth-order valence-electron chi connectivity index (χ4n) is 2.34. The molecule has 1 atom stereocenters. The second-order valence-electron chi connectivity index (χ2n) is 5.05. The van der Waals surface area contributed by atoms with Crippen LogP contribution in [0.15, 0.2) is 0 Å². The molecule has 0 aromatic carbocycles. The lowest BCUT2D eigenvalue weighted by molar-refractivity contribution is -0.125. The van der Waals surface area contributed by atoms with Crippen LogP contribution in [0.1, 0.15) is 45.4 Å². The Balaban J connectivity index is 2.22. The summed E-state index contributed by atoms with van der Waals surface area (Å²) in [6, 6.07) is 0.409. The van der Waals surface area contributed by atoms with Crippen LogP contribution >= 0.6 is 11.8 Å². The van der Waals surface area contributed by atoms with Crippen LogP contribution in [0.25, 0.3) is 0 Å². The highest BCUT2D eigenvalue weighted by Gasteiger charge is 2.23. The first-order chi connectivity index (χ1) is 8.17. The quantitative estimate of drug-likeness (QED) is 0.767. The molecule has 100 valence electrons. The third-order valence-electron chi connectivity index (χ3n) is 3.64. The fourth-order valence-corrected chi connectivity index (χ4v) is 3.09. The van der Waals surface area contributed by atoms with Crippen molar-refractivity contribution in [2.45, 2.75) is 56.7 Å². The van der Waals surface area contributed by atoms with Gasteiger partial charge in [-0.2, -0.15) is 11.8 Å². The maximum Gasteiger partial charge on any atom is 0.223 e. The minimum absolute atomic E-state index is 0.108. The zero-order valence-corrected chi connectivity index (χ0v) is 11.9. The van der Waals surface area contributed by atoms with Gasteiger partial charge in [-0.1, -0.05) is 6.92 Å². The van der Waals surface area contributed by atoms with Crippen LogP contribution in [0.3, 0.4) is 0 Å². The van der Waals surface area contributed by atoms with E-state index in [2.05, 4.69) is 11.6 Å². The molecule has 0 aromatic heterocycles. The molecular weight excluding hydrogens is 232 g/mol. The number of nitrogens with two attached hydrogens (primary N) is 1. The minimum Gasteiger partial charge on any atom is -0.353 e. The first-order valence-electron chi connectivity index (χ1n) is 6.70. The van der Waals surface area contributed by atoms with E-state index >= 15 is 0 Å². The zero-order valence-electron chi connectivity index (χ0n) is 11.1. The Hall–Kier alpha value is -0.220. The molecule has 17 heavy (non-hydrogen) atoms. The Morgan fingerprint density at radius 3 is 2.59 bits per heavy atom. The average Bonchev–Trinajstić information content (AvgIpc) is 2.36. The first-order valence-corrected chi connectivity index (χ1v) is 7.99. The van der Waals surface area contributed by atoms with E-state index in [1.165, 1.54) is 12.8 Å². The van der Waals surface area contributed by atoms with E-state index in [0.29, 0.717) is 12.6 Å². The van der Waals surface area contributed by atoms with Crippen molar-refractivity contribution >= 4 is 17.7 Å². The number of amides is 1. The maximum atomic E-state index is 11.9. The molecule has 0 bridgehead atoms. The van der Waals surface area contributed by atoms with Gasteiger partial charge in [-0.3, -0.25) is 4.79 Å². The van der Waals surface area contributed by atoms with Gasteiger partial charge in [0.05, 0.1) is 0 Å². The molecule has 1 aliphatic rings. The monoisotopic (exact) mass is 258 g/mol. The van der Waals surface area contributed by atoms with E-state index in [4.69, 9.17) is 5.73 Å². The summed E-state index contributed by atoms with van der Waals surface area (Å²) < 4.78 is 0. The van der Waals surface area contributed by atoms with Gasteiger partial charge >= 0.3 is 0 Å². The minimum atomic E-state index is 0.108. The van der Waals surface area contributed by atoms with Crippen LogP contribution in [0.5, 0.6) is 0 Å². The second kappa shape index (κ2) is 7.98. The van der Waals surface area contributed by atoms with Crippen LogP contribution in [0, 0.1) is 5.92 Å². The van der Waals surface area contributed by atoms with Crippen LogP contribution in [0.4, 0.5) is 0 Å². The first kappa shape index (κ1) is 14.8. The van der Waals surface area contributed by atoms with Crippen molar-refractivity contribution in [3.05, 3.63) is 0 Å². The molecule has 1 aliphatic carbocycles. The smallest absolute Gasteiger partial charge is 0.223 e. The van der Waals surface area contributed by atoms with Crippen molar-refractivity contribution in [2.24, 2.45) is 11.7 Å². The van der Waals surface area contributed by atoms with Gasteiger partial charge in [0.1, 0.15) is 0 Å². The van der Waals surface area contributed by atoms with E-state index in [1.54, 1.807) is 0 Å². The third kappa shape index (κ3) is 5.30. The van der Waals surface area contributed by atoms with Crippen molar-refractivity contribution in [1.82, 2.24) is 5.32 Å². The van der Waals surface area contributed by atoms with Gasteiger partial charge in [0.15, 0.2) is 0 Å². The highest BCUT2D eigenvalue weighted by molar-refractivity contribution is 7.99. The van der Waals surface area contributed by atoms with Crippen LogP contribution in [-0.2, 0) is 4.79 Å². The van der Waals surface area contributed by atoms with E-state index in [9.17, 15) is 4.79 Å². The van der Waals surface area contributed by atoms with Crippen molar-refractivity contribution < 1.29 is 4.79 Å². The topological polar surface area (TPSA) is 55.1 Å². The lowest BCUT2D eigenvalue weighted by Gasteiger charge is -2.28. The summed E-state index contributed by atoms with van der Waals surface area (Å²) in [5.74, 6) is 0.322. The SMILES string of the molecule is CSC1CCC(NC(=O)C(C)CCCN)CC1. The van der Waals surface area contributed by atoms with Crippen LogP contribution in [-0.4, -0.2) is 30.0 Å². The predicted octanol–water partition coefficient (Wildman–Crippen LogP) is 2.15. The summed E-state index contributed by atoms with van der Waals surface area (Å²) in [6.45, 7) is 2.68. The third-order valence-corrected chi connectivity index (χ3v) is 4.78. The van der Waals surface area contributed by atoms with Gasteiger partial charge < -0.3 is 11.1 Å². The molecule has 1 amide bonds. The van der Waals surface area contributed by atoms with Crippen molar-refractivity contribution in [3.63, 3.8) is 0 Å². The molecule has 0 radical (unpaired) electrons. The molecular formula is C13H26N2OS. The fraction of sp³-hybridized carbons (Fsp3) is 0.923. The van der Waals surface area contributed by atoms with Gasteiger partial charge in [-0.15, -0.1) is 0 Å². The maximum absolute atomic E-state index is 11.9. The number of thioether (sulfide) groups is 1. The highest BCUT2D eigenvalue weighted by atomic mass is 32.2. The van der Waals surface area contributed by atoms with Gasteiger partial charge in [-0.25, -0.2) is 0 Å². The molecule has 0 spiro atoms. The number of nitrogens with one attached hydrogen (secondary N) is 1. The van der Waals surface area contributed by atoms with E-state index in [-0.39, 0.29) is 11.8 Å². The van der Waals surface area contributed by atoms with Crippen LogP contribution < -0.4 is 11.1 Å². The molecule has 0 aliphatic heterocycles. The lowest BCUT2D eigenvalue weighted by Crippen LogP contribution is -2.40. The molecule has 0 heterocycles. The average molecular weight is 258 g/mol. The van der Waals surface area contributed by atoms with Crippen LogP contribution in [0.2, 0.25) is 0 Å². The Morgan fingerprint density at radius 2 is 2.06 bits per heavy atom. The van der Waals surface area contributed by atoms with E-state index in [1.807, 2.05) is 18.7 Å². The molecule has 1 fully saturated rings. The summed E-state index contributed by atoms with van der Waals surface area (Å²) in [7, 11) is 0. The molecule has 4 heteroatoms. The molecule has 3 nitrogen and oxygen atoms in total. The summed E-state index contributed by atoms with van der Waals surface area (Å²) in [5.41, 5.74) is 5.46. The van der Waals surface area contributed by atoms with E-state index < -0.39 is 0 Å². The van der Waals surface area contributed by atoms with Gasteiger partial charge in [0.2, 0.25) is 5.91 Å². The summed E-state index contributed by atoms with van der Waals surface area (Å²) in [6.07, 6.45) is 8.78. The zero-order chi connectivity index (χ0) is 12.7. The summed E-state index contributed by atoms with van der Waals surface area (Å²) >= 11 is 1.96. The molecule has 1 unspecified atom stereocenters. The van der Waals surface area contributed by atoms with Crippen molar-refractivity contribution in [3.8, 4) is 0 Å². The number of rotatable bonds is 6.